The number of nitrogens with one attached hydrogen (secondary N) is 1. The van der Waals surface area contributed by atoms with Gasteiger partial charge in [0.2, 0.25) is 0 Å². The Morgan fingerprint density at radius 2 is 2.00 bits per heavy atom. The summed E-state index contributed by atoms with van der Waals surface area (Å²) in [5.41, 5.74) is 0. The fourth-order valence-electron chi connectivity index (χ4n) is 3.29. The molecule has 1 aromatic heterocycles. The molecule has 1 saturated heterocycles. The van der Waals surface area contributed by atoms with Gasteiger partial charge in [-0.1, -0.05) is 12.8 Å². The van der Waals surface area contributed by atoms with Crippen LogP contribution in [0.3, 0.4) is 0 Å². The molecule has 5 nitrogen and oxygen atoms in total. The lowest BCUT2D eigenvalue weighted by Crippen LogP contribution is -2.49. The Hall–Kier alpha value is -0.760. The van der Waals surface area contributed by atoms with E-state index in [0.717, 1.165) is 50.6 Å². The van der Waals surface area contributed by atoms with Gasteiger partial charge in [0.15, 0.2) is 5.96 Å². The van der Waals surface area contributed by atoms with Crippen LogP contribution in [-0.4, -0.2) is 47.7 Å². The first-order valence-electron chi connectivity index (χ1n) is 8.57. The summed E-state index contributed by atoms with van der Waals surface area (Å²) in [5, 5.41) is 13.3. The molecule has 130 valence electrons. The van der Waals surface area contributed by atoms with E-state index in [-0.39, 0.29) is 30.1 Å². The number of halogens is 1. The molecular weight excluding hydrogens is 405 g/mol. The molecule has 0 radical (unpaired) electrons. The van der Waals surface area contributed by atoms with Crippen molar-refractivity contribution in [1.29, 1.82) is 0 Å². The van der Waals surface area contributed by atoms with Gasteiger partial charge in [0.1, 0.15) is 5.76 Å². The zero-order valence-electron chi connectivity index (χ0n) is 13.6. The first kappa shape index (κ1) is 18.6. The summed E-state index contributed by atoms with van der Waals surface area (Å²) in [7, 11) is 0. The second-order valence-electron chi connectivity index (χ2n) is 6.38. The summed E-state index contributed by atoms with van der Waals surface area (Å²) in [6.07, 6.45) is 9.19. The lowest BCUT2D eigenvalue weighted by Gasteiger charge is -2.33. The molecule has 1 saturated carbocycles. The maximum Gasteiger partial charge on any atom is 0.194 e. The van der Waals surface area contributed by atoms with Gasteiger partial charge < -0.3 is 19.7 Å². The van der Waals surface area contributed by atoms with Crippen molar-refractivity contribution in [1.82, 2.24) is 10.2 Å². The van der Waals surface area contributed by atoms with Crippen molar-refractivity contribution in [3.8, 4) is 0 Å². The van der Waals surface area contributed by atoms with Crippen LogP contribution in [0.15, 0.2) is 27.8 Å². The average Bonchev–Trinajstić information content (AvgIpc) is 3.20. The van der Waals surface area contributed by atoms with E-state index < -0.39 is 0 Å². The molecule has 6 heteroatoms. The van der Waals surface area contributed by atoms with Gasteiger partial charge in [-0.15, -0.1) is 24.0 Å². The summed E-state index contributed by atoms with van der Waals surface area (Å²) >= 11 is 0. The Kier molecular flexibility index (Phi) is 7.69. The van der Waals surface area contributed by atoms with Crippen molar-refractivity contribution in [2.24, 2.45) is 4.99 Å². The molecule has 0 bridgehead atoms. The molecule has 0 amide bonds. The highest BCUT2D eigenvalue weighted by atomic mass is 127. The number of aliphatic hydroxyl groups excluding tert-OH is 1. The molecule has 2 N–H and O–H groups in total. The van der Waals surface area contributed by atoms with Gasteiger partial charge in [0.05, 0.1) is 12.4 Å². The second-order valence-corrected chi connectivity index (χ2v) is 6.38. The minimum Gasteiger partial charge on any atom is -0.469 e. The second kappa shape index (κ2) is 9.52. The van der Waals surface area contributed by atoms with Crippen LogP contribution in [0.5, 0.6) is 0 Å². The maximum atomic E-state index is 9.69. The number of nitrogens with zero attached hydrogens (tertiary/aromatic N) is 2. The summed E-state index contributed by atoms with van der Waals surface area (Å²) in [4.78, 5) is 7.10. The van der Waals surface area contributed by atoms with E-state index in [9.17, 15) is 5.11 Å². The molecule has 0 unspecified atom stereocenters. The predicted molar refractivity (Wildman–Crippen MR) is 102 cm³/mol. The van der Waals surface area contributed by atoms with Gasteiger partial charge in [0, 0.05) is 32.1 Å². The minimum atomic E-state index is -0.146. The lowest BCUT2D eigenvalue weighted by atomic mass is 10.1. The Balaban J connectivity index is 0.00000192. The number of aliphatic hydroxyl groups is 1. The minimum absolute atomic E-state index is 0. The maximum absolute atomic E-state index is 9.69. The molecule has 2 fully saturated rings. The number of hydrogen-bond donors (Lipinski definition) is 2. The van der Waals surface area contributed by atoms with Crippen molar-refractivity contribution in [3.63, 3.8) is 0 Å². The van der Waals surface area contributed by atoms with Gasteiger partial charge >= 0.3 is 0 Å². The summed E-state index contributed by atoms with van der Waals surface area (Å²) in [5.74, 6) is 2.00. The third kappa shape index (κ3) is 5.67. The van der Waals surface area contributed by atoms with Gasteiger partial charge in [-0.05, 0) is 37.8 Å². The molecular formula is C17H28IN3O2. The number of piperidine rings is 1. The number of aliphatic imine (C=N–C) groups is 1. The Morgan fingerprint density at radius 3 is 2.65 bits per heavy atom. The lowest BCUT2D eigenvalue weighted by molar-refractivity contribution is 0.107. The fraction of sp³-hybridized carbons (Fsp3) is 0.706. The normalized spacial score (nSPS) is 20.6. The highest BCUT2D eigenvalue weighted by molar-refractivity contribution is 14.0. The largest absolute Gasteiger partial charge is 0.469 e. The summed E-state index contributed by atoms with van der Waals surface area (Å²) in [6, 6.07) is 4.48. The standard InChI is InChI=1S/C17H27N3O2.HI/c21-15-8-11-20(12-9-15)17(19-14-4-1-2-5-14)18-10-7-16-6-3-13-22-16;/h3,6,13-15,21H,1-2,4-5,7-12H2,(H,18,19);1H. The van der Waals surface area contributed by atoms with Crippen LogP contribution in [0.4, 0.5) is 0 Å². The molecule has 0 aromatic carbocycles. The average molecular weight is 433 g/mol. The van der Waals surface area contributed by atoms with Gasteiger partial charge in [-0.3, -0.25) is 4.99 Å². The van der Waals surface area contributed by atoms with Crippen molar-refractivity contribution in [3.05, 3.63) is 24.2 Å². The number of furan rings is 1. The highest BCUT2D eigenvalue weighted by Gasteiger charge is 2.23. The van der Waals surface area contributed by atoms with E-state index >= 15 is 0 Å². The van der Waals surface area contributed by atoms with Crippen LogP contribution in [-0.2, 0) is 6.42 Å². The van der Waals surface area contributed by atoms with Gasteiger partial charge in [-0.2, -0.15) is 0 Å². The molecule has 2 aliphatic rings. The van der Waals surface area contributed by atoms with E-state index in [1.165, 1.54) is 25.7 Å². The Bertz CT molecular complexity index is 464. The molecule has 23 heavy (non-hydrogen) atoms. The first-order chi connectivity index (χ1) is 10.8. The molecule has 1 aliphatic carbocycles. The summed E-state index contributed by atoms with van der Waals surface area (Å²) in [6.45, 7) is 2.52. The molecule has 1 aliphatic heterocycles. The topological polar surface area (TPSA) is 61.0 Å². The molecule has 0 spiro atoms. The van der Waals surface area contributed by atoms with E-state index in [0.29, 0.717) is 6.04 Å². The van der Waals surface area contributed by atoms with Crippen molar-refractivity contribution >= 4 is 29.9 Å². The number of likely N-dealkylation sites (tertiary alicyclic amines) is 1. The van der Waals surface area contributed by atoms with E-state index in [1.807, 2.05) is 12.1 Å². The number of guanidine groups is 1. The van der Waals surface area contributed by atoms with Crippen molar-refractivity contribution in [2.75, 3.05) is 19.6 Å². The van der Waals surface area contributed by atoms with Gasteiger partial charge in [-0.25, -0.2) is 0 Å². The van der Waals surface area contributed by atoms with E-state index in [4.69, 9.17) is 9.41 Å². The molecule has 1 aromatic rings. The van der Waals surface area contributed by atoms with Crippen LogP contribution in [0, 0.1) is 0 Å². The number of hydrogen-bond acceptors (Lipinski definition) is 3. The van der Waals surface area contributed by atoms with E-state index in [1.54, 1.807) is 6.26 Å². The zero-order chi connectivity index (χ0) is 15.2. The Labute approximate surface area is 155 Å². The van der Waals surface area contributed by atoms with Crippen LogP contribution in [0.2, 0.25) is 0 Å². The molecule has 2 heterocycles. The predicted octanol–water partition coefficient (Wildman–Crippen LogP) is 2.79. The highest BCUT2D eigenvalue weighted by Crippen LogP contribution is 2.19. The Morgan fingerprint density at radius 1 is 1.26 bits per heavy atom. The first-order valence-corrected chi connectivity index (χ1v) is 8.57. The quantitative estimate of drug-likeness (QED) is 0.436. The van der Waals surface area contributed by atoms with Crippen LogP contribution < -0.4 is 5.32 Å². The monoisotopic (exact) mass is 433 g/mol. The van der Waals surface area contributed by atoms with Crippen molar-refractivity contribution in [2.45, 2.75) is 57.1 Å². The van der Waals surface area contributed by atoms with Gasteiger partial charge in [0.25, 0.3) is 0 Å². The number of rotatable bonds is 4. The van der Waals surface area contributed by atoms with Crippen LogP contribution in [0.1, 0.15) is 44.3 Å². The third-order valence-electron chi connectivity index (χ3n) is 4.65. The van der Waals surface area contributed by atoms with Crippen LogP contribution >= 0.6 is 24.0 Å². The smallest absolute Gasteiger partial charge is 0.194 e. The SMILES string of the molecule is I.OC1CCN(C(=NCCc2ccco2)NC2CCCC2)CC1. The van der Waals surface area contributed by atoms with E-state index in [2.05, 4.69) is 10.2 Å². The zero-order valence-corrected chi connectivity index (χ0v) is 15.9. The third-order valence-corrected chi connectivity index (χ3v) is 4.65. The molecule has 3 rings (SSSR count). The summed E-state index contributed by atoms with van der Waals surface area (Å²) < 4.78 is 5.37. The van der Waals surface area contributed by atoms with Crippen molar-refractivity contribution < 1.29 is 9.52 Å². The van der Waals surface area contributed by atoms with Crippen LogP contribution in [0.25, 0.3) is 0 Å². The molecule has 0 atom stereocenters. The fourth-order valence-corrected chi connectivity index (χ4v) is 3.29.